The van der Waals surface area contributed by atoms with Gasteiger partial charge >= 0.3 is 0 Å². The molecule has 2 rings (SSSR count). The summed E-state index contributed by atoms with van der Waals surface area (Å²) in [7, 11) is 0. The number of nitrogens with two attached hydrogens (primary N) is 1. The molecule has 19 heavy (non-hydrogen) atoms. The van der Waals surface area contributed by atoms with Gasteiger partial charge in [0.2, 0.25) is 0 Å². The monoisotopic (exact) mass is 263 g/mol. The van der Waals surface area contributed by atoms with E-state index >= 15 is 0 Å². The summed E-state index contributed by atoms with van der Waals surface area (Å²) in [4.78, 5) is 10.3. The van der Waals surface area contributed by atoms with Crippen molar-refractivity contribution in [2.45, 2.75) is 39.2 Å². The van der Waals surface area contributed by atoms with Gasteiger partial charge < -0.3 is 11.1 Å². The van der Waals surface area contributed by atoms with Crippen molar-refractivity contribution in [3.63, 3.8) is 0 Å². The average molecular weight is 263 g/mol. The quantitative estimate of drug-likeness (QED) is 0.497. The first-order chi connectivity index (χ1) is 8.97. The maximum Gasteiger partial charge on any atom is 0.292 e. The molecule has 1 aliphatic rings. The number of nitro groups is 1. The van der Waals surface area contributed by atoms with E-state index in [2.05, 4.69) is 19.2 Å². The summed E-state index contributed by atoms with van der Waals surface area (Å²) in [5.74, 6) is 1.49. The molecule has 1 aliphatic carbocycles. The van der Waals surface area contributed by atoms with Crippen molar-refractivity contribution in [3.8, 4) is 0 Å². The van der Waals surface area contributed by atoms with E-state index in [1.165, 1.54) is 12.5 Å². The fraction of sp³-hybridized carbons (Fsp3) is 0.571. The molecule has 5 nitrogen and oxygen atoms in total. The highest BCUT2D eigenvalue weighted by Gasteiger charge is 2.24. The Kier molecular flexibility index (Phi) is 3.93. The second-order valence-corrected chi connectivity index (χ2v) is 5.64. The Balaban J connectivity index is 2.04. The Hall–Kier alpha value is -1.78. The van der Waals surface area contributed by atoms with Gasteiger partial charge in [0, 0.05) is 17.8 Å². The Morgan fingerprint density at radius 2 is 2.05 bits per heavy atom. The van der Waals surface area contributed by atoms with Crippen LogP contribution in [0.15, 0.2) is 18.2 Å². The molecule has 1 saturated carbocycles. The van der Waals surface area contributed by atoms with Crippen LogP contribution >= 0.6 is 0 Å². The lowest BCUT2D eigenvalue weighted by atomic mass is 9.79. The van der Waals surface area contributed by atoms with E-state index in [0.717, 1.165) is 24.4 Å². The minimum Gasteiger partial charge on any atom is -0.393 e. The number of hydrogen-bond donors (Lipinski definition) is 2. The summed E-state index contributed by atoms with van der Waals surface area (Å²) in [5, 5.41) is 14.1. The molecule has 0 spiro atoms. The first kappa shape index (κ1) is 13.6. The van der Waals surface area contributed by atoms with Gasteiger partial charge in [-0.05, 0) is 43.2 Å². The van der Waals surface area contributed by atoms with E-state index in [1.807, 2.05) is 0 Å². The molecule has 1 aromatic rings. The molecule has 1 aromatic carbocycles. The average Bonchev–Trinajstić information content (AvgIpc) is 2.33. The van der Waals surface area contributed by atoms with Crippen molar-refractivity contribution in [2.75, 3.05) is 11.1 Å². The topological polar surface area (TPSA) is 81.2 Å². The zero-order chi connectivity index (χ0) is 14.0. The van der Waals surface area contributed by atoms with Crippen LogP contribution in [0, 0.1) is 22.0 Å². The van der Waals surface area contributed by atoms with Gasteiger partial charge in [0.1, 0.15) is 5.69 Å². The van der Waals surface area contributed by atoms with Crippen LogP contribution in [0.25, 0.3) is 0 Å². The standard InChI is InChI=1S/C14H21N3O2/c1-9-3-4-11(7-10(9)2)16-12-5-6-14(17(18)19)13(15)8-12/h5-6,8-11,16H,3-4,7,15H2,1-2H3. The van der Waals surface area contributed by atoms with Gasteiger partial charge in [0.05, 0.1) is 4.92 Å². The number of benzene rings is 1. The second kappa shape index (κ2) is 5.47. The van der Waals surface area contributed by atoms with Crippen LogP contribution in [0.1, 0.15) is 33.1 Å². The van der Waals surface area contributed by atoms with E-state index in [1.54, 1.807) is 12.1 Å². The second-order valence-electron chi connectivity index (χ2n) is 5.64. The van der Waals surface area contributed by atoms with Gasteiger partial charge in [-0.1, -0.05) is 13.8 Å². The van der Waals surface area contributed by atoms with Crippen LogP contribution in [0.4, 0.5) is 17.1 Å². The molecular formula is C14H21N3O2. The Morgan fingerprint density at radius 1 is 1.32 bits per heavy atom. The van der Waals surface area contributed by atoms with E-state index < -0.39 is 4.92 Å². The minimum absolute atomic E-state index is 0.0313. The molecule has 3 atom stereocenters. The van der Waals surface area contributed by atoms with Crippen LogP contribution in [0.2, 0.25) is 0 Å². The number of nitrogen functional groups attached to an aromatic ring is 1. The largest absolute Gasteiger partial charge is 0.393 e. The molecule has 1 fully saturated rings. The van der Waals surface area contributed by atoms with Gasteiger partial charge in [0.15, 0.2) is 0 Å². The molecule has 0 bridgehead atoms. The smallest absolute Gasteiger partial charge is 0.292 e. The first-order valence-electron chi connectivity index (χ1n) is 6.78. The Bertz CT molecular complexity index is 476. The van der Waals surface area contributed by atoms with Crippen LogP contribution in [-0.4, -0.2) is 11.0 Å². The summed E-state index contributed by atoms with van der Waals surface area (Å²) in [6.07, 6.45) is 3.50. The number of nitrogens with zero attached hydrogens (tertiary/aromatic N) is 1. The molecule has 104 valence electrons. The van der Waals surface area contributed by atoms with E-state index in [0.29, 0.717) is 12.0 Å². The van der Waals surface area contributed by atoms with Crippen LogP contribution in [0.3, 0.4) is 0 Å². The highest BCUT2D eigenvalue weighted by atomic mass is 16.6. The summed E-state index contributed by atoms with van der Waals surface area (Å²) < 4.78 is 0. The molecule has 0 aliphatic heterocycles. The number of nitrogens with one attached hydrogen (secondary N) is 1. The Labute approximate surface area is 113 Å². The Morgan fingerprint density at radius 3 is 2.63 bits per heavy atom. The predicted molar refractivity (Wildman–Crippen MR) is 77.1 cm³/mol. The van der Waals surface area contributed by atoms with Crippen LogP contribution in [0.5, 0.6) is 0 Å². The normalized spacial score (nSPS) is 26.9. The van der Waals surface area contributed by atoms with Gasteiger partial charge in [-0.3, -0.25) is 10.1 Å². The van der Waals surface area contributed by atoms with Crippen molar-refractivity contribution in [3.05, 3.63) is 28.3 Å². The molecule has 0 aromatic heterocycles. The third kappa shape index (κ3) is 3.16. The third-order valence-electron chi connectivity index (χ3n) is 4.19. The molecule has 3 unspecified atom stereocenters. The molecule has 0 saturated heterocycles. The fourth-order valence-corrected chi connectivity index (χ4v) is 2.72. The molecule has 5 heteroatoms. The highest BCUT2D eigenvalue weighted by molar-refractivity contribution is 5.66. The van der Waals surface area contributed by atoms with Gasteiger partial charge in [-0.25, -0.2) is 0 Å². The SMILES string of the molecule is CC1CCC(Nc2ccc([N+](=O)[O-])c(N)c2)CC1C. The predicted octanol–water partition coefficient (Wildman–Crippen LogP) is 3.41. The van der Waals surface area contributed by atoms with Gasteiger partial charge in [0.25, 0.3) is 5.69 Å². The van der Waals surface area contributed by atoms with Crippen molar-refractivity contribution in [1.29, 1.82) is 0 Å². The maximum atomic E-state index is 10.7. The summed E-state index contributed by atoms with van der Waals surface area (Å²) in [6, 6.07) is 5.29. The van der Waals surface area contributed by atoms with Crippen molar-refractivity contribution < 1.29 is 4.92 Å². The number of nitro benzene ring substituents is 1. The molecule has 0 radical (unpaired) electrons. The molecular weight excluding hydrogens is 242 g/mol. The third-order valence-corrected chi connectivity index (χ3v) is 4.19. The number of hydrogen-bond acceptors (Lipinski definition) is 4. The lowest BCUT2D eigenvalue weighted by Crippen LogP contribution is -2.30. The maximum absolute atomic E-state index is 10.7. The van der Waals surface area contributed by atoms with E-state index in [4.69, 9.17) is 5.73 Å². The molecule has 3 N–H and O–H groups in total. The first-order valence-corrected chi connectivity index (χ1v) is 6.78. The van der Waals surface area contributed by atoms with Gasteiger partial charge in [-0.2, -0.15) is 0 Å². The summed E-state index contributed by atoms with van der Waals surface area (Å²) >= 11 is 0. The van der Waals surface area contributed by atoms with Crippen LogP contribution < -0.4 is 11.1 Å². The zero-order valence-electron chi connectivity index (χ0n) is 11.4. The molecule has 0 amide bonds. The van der Waals surface area contributed by atoms with E-state index in [9.17, 15) is 10.1 Å². The van der Waals surface area contributed by atoms with E-state index in [-0.39, 0.29) is 11.4 Å². The summed E-state index contributed by atoms with van der Waals surface area (Å²) in [6.45, 7) is 4.58. The van der Waals surface area contributed by atoms with Crippen molar-refractivity contribution in [1.82, 2.24) is 0 Å². The number of rotatable bonds is 3. The fourth-order valence-electron chi connectivity index (χ4n) is 2.72. The molecule has 0 heterocycles. The zero-order valence-corrected chi connectivity index (χ0v) is 11.4. The van der Waals surface area contributed by atoms with Crippen LogP contribution in [-0.2, 0) is 0 Å². The number of anilines is 2. The lowest BCUT2D eigenvalue weighted by molar-refractivity contribution is -0.383. The van der Waals surface area contributed by atoms with Gasteiger partial charge in [-0.15, -0.1) is 0 Å². The minimum atomic E-state index is -0.455. The highest BCUT2D eigenvalue weighted by Crippen LogP contribution is 2.32. The summed E-state index contributed by atoms with van der Waals surface area (Å²) in [5.41, 5.74) is 6.75. The van der Waals surface area contributed by atoms with Crippen molar-refractivity contribution in [2.24, 2.45) is 11.8 Å². The van der Waals surface area contributed by atoms with Crippen molar-refractivity contribution >= 4 is 17.1 Å². The lowest BCUT2D eigenvalue weighted by Gasteiger charge is -2.33.